The van der Waals surface area contributed by atoms with Gasteiger partial charge in [-0.3, -0.25) is 0 Å². The summed E-state index contributed by atoms with van der Waals surface area (Å²) in [5, 5.41) is 0. The number of rotatable bonds is 0. The van der Waals surface area contributed by atoms with Crippen molar-refractivity contribution in [3.8, 4) is 0 Å². The van der Waals surface area contributed by atoms with Gasteiger partial charge in [-0.25, -0.2) is 4.99 Å². The van der Waals surface area contributed by atoms with Gasteiger partial charge in [0.25, 0.3) is 0 Å². The van der Waals surface area contributed by atoms with Gasteiger partial charge in [-0.1, -0.05) is 5.73 Å². The molecule has 0 fully saturated rings. The molecule has 0 aliphatic rings. The second-order valence-corrected chi connectivity index (χ2v) is 0.768. The molecule has 1 heteroatoms. The molecule has 0 aromatic rings. The van der Waals surface area contributed by atoms with E-state index in [-0.39, 0.29) is 0 Å². The van der Waals surface area contributed by atoms with Crippen LogP contribution in [0.4, 0.5) is 0 Å². The SMILES string of the molecule is CC=C=C=NC. The molecule has 0 spiro atoms. The van der Waals surface area contributed by atoms with Crippen molar-refractivity contribution in [3.05, 3.63) is 11.8 Å². The quantitative estimate of drug-likeness (QED) is 0.305. The Morgan fingerprint density at radius 3 is 2.50 bits per heavy atom. The Bertz CT molecular complexity index is 87.1. The minimum absolute atomic E-state index is 1.66. The summed E-state index contributed by atoms with van der Waals surface area (Å²) in [7, 11) is 1.66. The topological polar surface area (TPSA) is 12.4 Å². The van der Waals surface area contributed by atoms with Gasteiger partial charge in [0.2, 0.25) is 0 Å². The highest BCUT2D eigenvalue weighted by Crippen LogP contribution is 1.49. The van der Waals surface area contributed by atoms with E-state index in [9.17, 15) is 0 Å². The Morgan fingerprint density at radius 1 is 1.67 bits per heavy atom. The Hall–Kier alpha value is -0.770. The maximum atomic E-state index is 3.53. The van der Waals surface area contributed by atoms with E-state index in [1.807, 2.05) is 6.92 Å². The molecule has 0 heterocycles. The first-order valence-corrected chi connectivity index (χ1v) is 1.79. The lowest BCUT2D eigenvalue weighted by Crippen LogP contribution is -1.41. The van der Waals surface area contributed by atoms with Gasteiger partial charge in [-0.05, 0) is 13.0 Å². The standard InChI is InChI=1S/C5H7N/c1-3-4-5-6-2/h3H,1-2H3. The second kappa shape index (κ2) is 4.23. The highest BCUT2D eigenvalue weighted by Gasteiger charge is 1.36. The number of allylic oxidation sites excluding steroid dienone is 1. The zero-order valence-corrected chi connectivity index (χ0v) is 4.02. The van der Waals surface area contributed by atoms with E-state index in [4.69, 9.17) is 0 Å². The molecule has 0 amide bonds. The average molecular weight is 81.1 g/mol. The van der Waals surface area contributed by atoms with E-state index in [0.717, 1.165) is 0 Å². The van der Waals surface area contributed by atoms with Crippen LogP contribution >= 0.6 is 0 Å². The summed E-state index contributed by atoms with van der Waals surface area (Å²) in [6, 6.07) is 0. The Kier molecular flexibility index (Phi) is 3.69. The molecule has 0 saturated carbocycles. The van der Waals surface area contributed by atoms with Gasteiger partial charge in [0.1, 0.15) is 0 Å². The zero-order chi connectivity index (χ0) is 4.83. The molecular weight excluding hydrogens is 74.1 g/mol. The number of hydrogen-bond acceptors (Lipinski definition) is 1. The van der Waals surface area contributed by atoms with E-state index < -0.39 is 0 Å². The first kappa shape index (κ1) is 5.23. The summed E-state index contributed by atoms with van der Waals surface area (Å²) in [6.45, 7) is 1.87. The zero-order valence-electron chi connectivity index (χ0n) is 4.02. The van der Waals surface area contributed by atoms with Crippen LogP contribution in [0.2, 0.25) is 0 Å². The number of nitrogens with zero attached hydrogens (tertiary/aromatic N) is 1. The average Bonchev–Trinajstić information content (AvgIpc) is 1.61. The van der Waals surface area contributed by atoms with Crippen molar-refractivity contribution in [2.75, 3.05) is 7.05 Å². The monoisotopic (exact) mass is 81.1 g/mol. The highest BCUT2D eigenvalue weighted by atomic mass is 14.6. The smallest absolute Gasteiger partial charge is 0.0379 e. The van der Waals surface area contributed by atoms with Crippen molar-refractivity contribution in [1.29, 1.82) is 0 Å². The normalized spacial score (nSPS) is 5.00. The van der Waals surface area contributed by atoms with Gasteiger partial charge in [0, 0.05) is 12.9 Å². The number of aliphatic imine (C=N–C) groups is 1. The van der Waals surface area contributed by atoms with Crippen LogP contribution < -0.4 is 0 Å². The molecule has 0 aromatic heterocycles. The van der Waals surface area contributed by atoms with Crippen LogP contribution in [-0.4, -0.2) is 12.9 Å². The summed E-state index contributed by atoms with van der Waals surface area (Å²) in [5.74, 6) is 2.52. The molecule has 0 aliphatic heterocycles. The van der Waals surface area contributed by atoms with Gasteiger partial charge in [0.05, 0.1) is 0 Å². The van der Waals surface area contributed by atoms with Crippen molar-refractivity contribution < 1.29 is 0 Å². The molecule has 0 radical (unpaired) electrons. The van der Waals surface area contributed by atoms with Crippen molar-refractivity contribution in [3.63, 3.8) is 0 Å². The lowest BCUT2D eigenvalue weighted by Gasteiger charge is -1.48. The van der Waals surface area contributed by atoms with Crippen molar-refractivity contribution in [2.24, 2.45) is 4.99 Å². The predicted molar refractivity (Wildman–Crippen MR) is 27.1 cm³/mol. The highest BCUT2D eigenvalue weighted by molar-refractivity contribution is 5.49. The number of hydrogen-bond donors (Lipinski definition) is 0. The van der Waals surface area contributed by atoms with E-state index in [0.29, 0.717) is 0 Å². The van der Waals surface area contributed by atoms with Crippen molar-refractivity contribution in [2.45, 2.75) is 6.92 Å². The van der Waals surface area contributed by atoms with Crippen molar-refractivity contribution >= 4 is 5.87 Å². The van der Waals surface area contributed by atoms with Crippen LogP contribution in [0, 0.1) is 0 Å². The largest absolute Gasteiger partial charge is 0.239 e. The first-order chi connectivity index (χ1) is 2.91. The molecule has 0 N–H and O–H groups in total. The lowest BCUT2D eigenvalue weighted by atomic mass is 10.7. The van der Waals surface area contributed by atoms with Crippen LogP contribution in [0.3, 0.4) is 0 Å². The molecule has 1 nitrogen and oxygen atoms in total. The van der Waals surface area contributed by atoms with Gasteiger partial charge in [-0.15, -0.1) is 0 Å². The van der Waals surface area contributed by atoms with Crippen LogP contribution in [0.15, 0.2) is 16.8 Å². The fraction of sp³-hybridized carbons (Fsp3) is 0.400. The molecule has 32 valence electrons. The second-order valence-electron chi connectivity index (χ2n) is 0.768. The molecule has 0 rings (SSSR count). The van der Waals surface area contributed by atoms with Gasteiger partial charge >= 0.3 is 0 Å². The van der Waals surface area contributed by atoms with E-state index in [1.165, 1.54) is 0 Å². The minimum atomic E-state index is 1.66. The first-order valence-electron chi connectivity index (χ1n) is 1.79. The van der Waals surface area contributed by atoms with Crippen LogP contribution in [0.25, 0.3) is 0 Å². The molecule has 0 atom stereocenters. The third-order valence-electron chi connectivity index (χ3n) is 0.321. The summed E-state index contributed by atoms with van der Waals surface area (Å²) in [5.41, 5.74) is 2.66. The molecule has 0 bridgehead atoms. The molecule has 0 aromatic carbocycles. The fourth-order valence-electron chi connectivity index (χ4n) is 0.129. The van der Waals surface area contributed by atoms with Crippen LogP contribution in [0.1, 0.15) is 6.92 Å². The summed E-state index contributed by atoms with van der Waals surface area (Å²) < 4.78 is 0. The van der Waals surface area contributed by atoms with Crippen LogP contribution in [-0.2, 0) is 0 Å². The van der Waals surface area contributed by atoms with Gasteiger partial charge in [-0.2, -0.15) is 0 Å². The Morgan fingerprint density at radius 2 is 2.33 bits per heavy atom. The third-order valence-corrected chi connectivity index (χ3v) is 0.321. The van der Waals surface area contributed by atoms with E-state index in [1.54, 1.807) is 13.1 Å². The molecule has 0 aliphatic carbocycles. The molecule has 0 saturated heterocycles. The minimum Gasteiger partial charge on any atom is -0.239 e. The predicted octanol–water partition coefficient (Wildman–Crippen LogP) is 1.02. The maximum absolute atomic E-state index is 3.53. The molecular formula is C5H7N. The van der Waals surface area contributed by atoms with Gasteiger partial charge < -0.3 is 0 Å². The summed E-state index contributed by atoms with van der Waals surface area (Å²) in [6.07, 6.45) is 1.76. The van der Waals surface area contributed by atoms with Gasteiger partial charge in [0.15, 0.2) is 0 Å². The Labute approximate surface area is 37.7 Å². The van der Waals surface area contributed by atoms with Crippen LogP contribution in [0.5, 0.6) is 0 Å². The van der Waals surface area contributed by atoms with E-state index >= 15 is 0 Å². The van der Waals surface area contributed by atoms with E-state index in [2.05, 4.69) is 16.6 Å². The van der Waals surface area contributed by atoms with Crippen molar-refractivity contribution in [1.82, 2.24) is 0 Å². The summed E-state index contributed by atoms with van der Waals surface area (Å²) in [4.78, 5) is 3.53. The fourth-order valence-corrected chi connectivity index (χ4v) is 0.129. The summed E-state index contributed by atoms with van der Waals surface area (Å²) >= 11 is 0. The molecule has 0 unspecified atom stereocenters. The Balaban J connectivity index is 3.79. The third kappa shape index (κ3) is 3.23. The molecule has 6 heavy (non-hydrogen) atoms. The maximum Gasteiger partial charge on any atom is 0.0379 e. The lowest BCUT2D eigenvalue weighted by molar-refractivity contribution is 1.48.